The molecular weight excluding hydrogens is 288 g/mol. The van der Waals surface area contributed by atoms with Crippen molar-refractivity contribution in [3.05, 3.63) is 64.2 Å². The number of amides is 1. The molecule has 0 saturated carbocycles. The Morgan fingerprint density at radius 1 is 1.19 bits per heavy atom. The van der Waals surface area contributed by atoms with Crippen molar-refractivity contribution in [3.8, 4) is 5.75 Å². The molecular formula is C16H15ClN2O2. The molecule has 0 saturated heterocycles. The predicted octanol–water partition coefficient (Wildman–Crippen LogP) is 3.51. The van der Waals surface area contributed by atoms with Gasteiger partial charge in [0.25, 0.3) is 5.91 Å². The van der Waals surface area contributed by atoms with Crippen LogP contribution in [-0.2, 0) is 0 Å². The molecule has 0 aliphatic heterocycles. The second-order valence-corrected chi connectivity index (χ2v) is 5.10. The summed E-state index contributed by atoms with van der Waals surface area (Å²) in [6.45, 7) is 3.79. The number of carbonyl (C=O) groups excluding carboxylic acids is 1. The van der Waals surface area contributed by atoms with E-state index in [1.54, 1.807) is 6.92 Å². The van der Waals surface area contributed by atoms with Gasteiger partial charge in [-0.2, -0.15) is 5.10 Å². The van der Waals surface area contributed by atoms with E-state index in [9.17, 15) is 9.90 Å². The minimum absolute atomic E-state index is 0.0861. The number of hydrazone groups is 1. The summed E-state index contributed by atoms with van der Waals surface area (Å²) in [7, 11) is 0. The first-order chi connectivity index (χ1) is 9.97. The summed E-state index contributed by atoms with van der Waals surface area (Å²) in [5.41, 5.74) is 5.23. The van der Waals surface area contributed by atoms with Gasteiger partial charge in [-0.25, -0.2) is 5.43 Å². The van der Waals surface area contributed by atoms with E-state index < -0.39 is 5.91 Å². The maximum absolute atomic E-state index is 12.0. The van der Waals surface area contributed by atoms with Crippen LogP contribution in [-0.4, -0.2) is 16.7 Å². The third kappa shape index (κ3) is 3.83. The summed E-state index contributed by atoms with van der Waals surface area (Å²) in [6, 6.07) is 12.1. The Labute approximate surface area is 128 Å². The average molecular weight is 303 g/mol. The molecule has 0 spiro atoms. The molecule has 108 valence electrons. The molecule has 0 atom stereocenters. The zero-order valence-electron chi connectivity index (χ0n) is 11.7. The Bertz CT molecular complexity index is 694. The molecule has 0 radical (unpaired) electrons. The highest BCUT2D eigenvalue weighted by Gasteiger charge is 2.11. The van der Waals surface area contributed by atoms with Crippen molar-refractivity contribution >= 4 is 23.2 Å². The number of nitrogens with zero attached hydrogens (tertiary/aromatic N) is 1. The molecule has 1 amide bonds. The minimum Gasteiger partial charge on any atom is -0.507 e. The van der Waals surface area contributed by atoms with E-state index in [0.717, 1.165) is 11.1 Å². The molecule has 4 nitrogen and oxygen atoms in total. The normalized spacial score (nSPS) is 11.3. The molecule has 0 unspecified atom stereocenters. The lowest BCUT2D eigenvalue weighted by Gasteiger charge is -2.05. The Kier molecular flexibility index (Phi) is 4.60. The lowest BCUT2D eigenvalue weighted by atomic mass is 10.1. The van der Waals surface area contributed by atoms with Gasteiger partial charge in [0.2, 0.25) is 0 Å². The van der Waals surface area contributed by atoms with Crippen molar-refractivity contribution in [1.82, 2.24) is 5.43 Å². The number of hydrogen-bond donors (Lipinski definition) is 2. The molecule has 0 aromatic heterocycles. The fraction of sp³-hybridized carbons (Fsp3) is 0.125. The number of rotatable bonds is 3. The highest BCUT2D eigenvalue weighted by Crippen LogP contribution is 2.21. The van der Waals surface area contributed by atoms with Crippen LogP contribution in [0.5, 0.6) is 5.75 Å². The molecule has 0 bridgehead atoms. The van der Waals surface area contributed by atoms with E-state index in [4.69, 9.17) is 11.6 Å². The summed E-state index contributed by atoms with van der Waals surface area (Å²) in [6.07, 6.45) is 0. The van der Waals surface area contributed by atoms with E-state index in [0.29, 0.717) is 10.7 Å². The lowest BCUT2D eigenvalue weighted by molar-refractivity contribution is 0.0952. The van der Waals surface area contributed by atoms with Crippen LogP contribution < -0.4 is 5.43 Å². The number of phenols is 1. The van der Waals surface area contributed by atoms with E-state index >= 15 is 0 Å². The first kappa shape index (κ1) is 15.1. The zero-order chi connectivity index (χ0) is 15.4. The van der Waals surface area contributed by atoms with Gasteiger partial charge in [0.15, 0.2) is 0 Å². The molecule has 0 aliphatic carbocycles. The maximum Gasteiger partial charge on any atom is 0.275 e. The monoisotopic (exact) mass is 302 g/mol. The van der Waals surface area contributed by atoms with Gasteiger partial charge in [-0.05, 0) is 37.6 Å². The molecule has 5 heteroatoms. The van der Waals surface area contributed by atoms with E-state index in [1.807, 2.05) is 31.2 Å². The molecule has 2 rings (SSSR count). The number of nitrogens with one attached hydrogen (secondary N) is 1. The predicted molar refractivity (Wildman–Crippen MR) is 84.0 cm³/mol. The summed E-state index contributed by atoms with van der Waals surface area (Å²) in [4.78, 5) is 12.0. The zero-order valence-corrected chi connectivity index (χ0v) is 12.5. The van der Waals surface area contributed by atoms with Crippen LogP contribution in [0.2, 0.25) is 5.02 Å². The maximum atomic E-state index is 12.0. The number of aromatic hydroxyl groups is 1. The standard InChI is InChI=1S/C16H15ClN2O2/c1-10-3-5-12(6-4-10)11(2)18-19-16(21)14-9-13(17)7-8-15(14)20/h3-9,20H,1-2H3,(H,19,21)/b18-11+. The molecule has 0 fully saturated rings. The van der Waals surface area contributed by atoms with Gasteiger partial charge in [0.05, 0.1) is 11.3 Å². The number of halogens is 1. The second kappa shape index (κ2) is 6.41. The van der Waals surface area contributed by atoms with Crippen LogP contribution in [0.25, 0.3) is 0 Å². The lowest BCUT2D eigenvalue weighted by Crippen LogP contribution is -2.19. The Balaban J connectivity index is 2.14. The van der Waals surface area contributed by atoms with Gasteiger partial charge in [0, 0.05) is 5.02 Å². The molecule has 0 aliphatic rings. The van der Waals surface area contributed by atoms with Crippen molar-refractivity contribution in [3.63, 3.8) is 0 Å². The fourth-order valence-electron chi connectivity index (χ4n) is 1.74. The smallest absolute Gasteiger partial charge is 0.275 e. The third-order valence-corrected chi connectivity index (χ3v) is 3.23. The van der Waals surface area contributed by atoms with Crippen LogP contribution >= 0.6 is 11.6 Å². The van der Waals surface area contributed by atoms with Gasteiger partial charge in [-0.1, -0.05) is 41.4 Å². The van der Waals surface area contributed by atoms with Gasteiger partial charge in [-0.3, -0.25) is 4.79 Å². The number of phenolic OH excluding ortho intramolecular Hbond substituents is 1. The number of benzene rings is 2. The summed E-state index contributed by atoms with van der Waals surface area (Å²) in [5, 5.41) is 14.1. The minimum atomic E-state index is -0.513. The molecule has 0 heterocycles. The largest absolute Gasteiger partial charge is 0.507 e. The van der Waals surface area contributed by atoms with Crippen molar-refractivity contribution in [2.24, 2.45) is 5.10 Å². The van der Waals surface area contributed by atoms with E-state index in [-0.39, 0.29) is 11.3 Å². The van der Waals surface area contributed by atoms with Crippen LogP contribution in [0.4, 0.5) is 0 Å². The highest BCUT2D eigenvalue weighted by atomic mass is 35.5. The van der Waals surface area contributed by atoms with E-state index in [2.05, 4.69) is 10.5 Å². The summed E-state index contributed by atoms with van der Waals surface area (Å²) >= 11 is 5.81. The molecule has 2 aromatic carbocycles. The van der Waals surface area contributed by atoms with E-state index in [1.165, 1.54) is 18.2 Å². The van der Waals surface area contributed by atoms with Crippen molar-refractivity contribution in [1.29, 1.82) is 0 Å². The molecule has 2 N–H and O–H groups in total. The number of aryl methyl sites for hydroxylation is 1. The SMILES string of the molecule is C/C(=N\NC(=O)c1cc(Cl)ccc1O)c1ccc(C)cc1. The summed E-state index contributed by atoms with van der Waals surface area (Å²) in [5.74, 6) is -0.651. The Morgan fingerprint density at radius 3 is 2.52 bits per heavy atom. The topological polar surface area (TPSA) is 61.7 Å². The summed E-state index contributed by atoms with van der Waals surface area (Å²) < 4.78 is 0. The molecule has 2 aromatic rings. The Hall–Kier alpha value is -2.33. The van der Waals surface area contributed by atoms with Gasteiger partial charge in [0.1, 0.15) is 5.75 Å². The second-order valence-electron chi connectivity index (χ2n) is 4.67. The highest BCUT2D eigenvalue weighted by molar-refractivity contribution is 6.31. The first-order valence-corrected chi connectivity index (χ1v) is 6.75. The Morgan fingerprint density at radius 2 is 1.86 bits per heavy atom. The third-order valence-electron chi connectivity index (χ3n) is 3.00. The molecule has 21 heavy (non-hydrogen) atoms. The quantitative estimate of drug-likeness (QED) is 0.673. The van der Waals surface area contributed by atoms with Crippen molar-refractivity contribution in [2.75, 3.05) is 0 Å². The van der Waals surface area contributed by atoms with Gasteiger partial charge in [-0.15, -0.1) is 0 Å². The number of carbonyl (C=O) groups is 1. The fourth-order valence-corrected chi connectivity index (χ4v) is 1.92. The van der Waals surface area contributed by atoms with Crippen LogP contribution in [0.1, 0.15) is 28.4 Å². The van der Waals surface area contributed by atoms with Crippen molar-refractivity contribution < 1.29 is 9.90 Å². The average Bonchev–Trinajstić information content (AvgIpc) is 2.47. The van der Waals surface area contributed by atoms with Crippen LogP contribution in [0, 0.1) is 6.92 Å². The number of hydrogen-bond acceptors (Lipinski definition) is 3. The van der Waals surface area contributed by atoms with Crippen LogP contribution in [0.3, 0.4) is 0 Å². The van der Waals surface area contributed by atoms with Crippen molar-refractivity contribution in [2.45, 2.75) is 13.8 Å². The van der Waals surface area contributed by atoms with Gasteiger partial charge >= 0.3 is 0 Å². The van der Waals surface area contributed by atoms with Crippen LogP contribution in [0.15, 0.2) is 47.6 Å². The first-order valence-electron chi connectivity index (χ1n) is 6.37. The van der Waals surface area contributed by atoms with Gasteiger partial charge < -0.3 is 5.11 Å².